The van der Waals surface area contributed by atoms with Gasteiger partial charge in [-0.25, -0.2) is 0 Å². The Hall–Kier alpha value is -1.15. The Morgan fingerprint density at radius 3 is 2.74 bits per heavy atom. The van der Waals surface area contributed by atoms with Gasteiger partial charge in [0, 0.05) is 25.1 Å². The lowest BCUT2D eigenvalue weighted by atomic mass is 9.84. The van der Waals surface area contributed by atoms with Gasteiger partial charge in [0.05, 0.1) is 0 Å². The minimum absolute atomic E-state index is 0.279. The summed E-state index contributed by atoms with van der Waals surface area (Å²) in [6.45, 7) is 9.82. The second-order valence-electron chi connectivity index (χ2n) is 6.53. The van der Waals surface area contributed by atoms with Crippen LogP contribution >= 0.6 is 0 Å². The summed E-state index contributed by atoms with van der Waals surface area (Å²) in [5, 5.41) is 0. The van der Waals surface area contributed by atoms with Crippen LogP contribution in [0.3, 0.4) is 0 Å². The highest BCUT2D eigenvalue weighted by atomic mass is 16.1. The van der Waals surface area contributed by atoms with E-state index in [9.17, 15) is 4.79 Å². The summed E-state index contributed by atoms with van der Waals surface area (Å²) in [7, 11) is 0. The molecule has 0 aliphatic carbocycles. The third-order valence-electron chi connectivity index (χ3n) is 4.08. The Labute approximate surface area is 116 Å². The number of likely N-dealkylation sites (tertiary alicyclic amines) is 1. The Balaban J connectivity index is 1.89. The first-order chi connectivity index (χ1) is 8.98. The van der Waals surface area contributed by atoms with Crippen LogP contribution in [0.15, 0.2) is 24.3 Å². The smallest absolute Gasteiger partial charge is 0.164 e. The van der Waals surface area contributed by atoms with Gasteiger partial charge in [0.1, 0.15) is 0 Å². The van der Waals surface area contributed by atoms with E-state index in [4.69, 9.17) is 0 Å². The number of benzene rings is 1. The molecule has 0 N–H and O–H groups in total. The van der Waals surface area contributed by atoms with E-state index in [1.165, 1.54) is 12.8 Å². The molecule has 0 spiro atoms. The number of carbonyl (C=O) groups excluding carboxylic acids is 1. The van der Waals surface area contributed by atoms with Crippen molar-refractivity contribution in [1.82, 2.24) is 4.90 Å². The van der Waals surface area contributed by atoms with Gasteiger partial charge in [0.25, 0.3) is 0 Å². The van der Waals surface area contributed by atoms with Crippen LogP contribution in [-0.4, -0.2) is 30.3 Å². The first-order valence-electron chi connectivity index (χ1n) is 7.29. The molecule has 0 amide bonds. The molecule has 1 aromatic carbocycles. The number of nitrogens with zero attached hydrogens (tertiary/aromatic N) is 1. The molecular weight excluding hydrogens is 234 g/mol. The average Bonchev–Trinajstić information content (AvgIpc) is 2.35. The molecule has 2 heteroatoms. The van der Waals surface area contributed by atoms with Crippen LogP contribution in [0.4, 0.5) is 0 Å². The zero-order valence-electron chi connectivity index (χ0n) is 12.4. The molecule has 1 saturated heterocycles. The fourth-order valence-corrected chi connectivity index (χ4v) is 3.02. The Bertz CT molecular complexity index is 450. The molecule has 1 aromatic rings. The van der Waals surface area contributed by atoms with Gasteiger partial charge < -0.3 is 4.90 Å². The number of hydrogen-bond acceptors (Lipinski definition) is 2. The SMILES string of the molecule is Cc1ccccc1C(=O)CCN1CCCC(C)(C)C1. The maximum Gasteiger partial charge on any atom is 0.164 e. The van der Waals surface area contributed by atoms with E-state index in [0.717, 1.165) is 30.8 Å². The highest BCUT2D eigenvalue weighted by Crippen LogP contribution is 2.28. The van der Waals surface area contributed by atoms with E-state index < -0.39 is 0 Å². The fourth-order valence-electron chi connectivity index (χ4n) is 3.02. The fraction of sp³-hybridized carbons (Fsp3) is 0.588. The van der Waals surface area contributed by atoms with E-state index in [2.05, 4.69) is 18.7 Å². The Morgan fingerprint density at radius 1 is 1.32 bits per heavy atom. The van der Waals surface area contributed by atoms with Gasteiger partial charge in [-0.15, -0.1) is 0 Å². The summed E-state index contributed by atoms with van der Waals surface area (Å²) in [6, 6.07) is 7.89. The molecule has 0 saturated carbocycles. The lowest BCUT2D eigenvalue weighted by Crippen LogP contribution is -2.40. The maximum absolute atomic E-state index is 12.2. The van der Waals surface area contributed by atoms with Crippen molar-refractivity contribution in [2.45, 2.75) is 40.0 Å². The van der Waals surface area contributed by atoms with Crippen molar-refractivity contribution in [2.24, 2.45) is 5.41 Å². The van der Waals surface area contributed by atoms with Crippen LogP contribution in [0.25, 0.3) is 0 Å². The largest absolute Gasteiger partial charge is 0.302 e. The quantitative estimate of drug-likeness (QED) is 0.769. The number of ketones is 1. The highest BCUT2D eigenvalue weighted by molar-refractivity contribution is 5.97. The lowest BCUT2D eigenvalue weighted by Gasteiger charge is -2.38. The van der Waals surface area contributed by atoms with E-state index >= 15 is 0 Å². The van der Waals surface area contributed by atoms with E-state index in [-0.39, 0.29) is 5.78 Å². The van der Waals surface area contributed by atoms with E-state index in [0.29, 0.717) is 11.8 Å². The first-order valence-corrected chi connectivity index (χ1v) is 7.29. The minimum Gasteiger partial charge on any atom is -0.302 e. The molecular formula is C17H25NO. The van der Waals surface area contributed by atoms with Crippen LogP contribution < -0.4 is 0 Å². The van der Waals surface area contributed by atoms with E-state index in [1.807, 2.05) is 31.2 Å². The lowest BCUT2D eigenvalue weighted by molar-refractivity contribution is 0.0895. The van der Waals surface area contributed by atoms with Gasteiger partial charge in [-0.3, -0.25) is 4.79 Å². The van der Waals surface area contributed by atoms with E-state index in [1.54, 1.807) is 0 Å². The van der Waals surface area contributed by atoms with Crippen LogP contribution in [0.5, 0.6) is 0 Å². The first kappa shape index (κ1) is 14.3. The van der Waals surface area contributed by atoms with Crippen LogP contribution in [0, 0.1) is 12.3 Å². The normalized spacial score (nSPS) is 19.3. The van der Waals surface area contributed by atoms with Crippen molar-refractivity contribution in [3.05, 3.63) is 35.4 Å². The van der Waals surface area contributed by atoms with Gasteiger partial charge in [-0.05, 0) is 37.3 Å². The summed E-state index contributed by atoms with van der Waals surface area (Å²) in [5.41, 5.74) is 2.38. The van der Waals surface area contributed by atoms with Crippen LogP contribution in [-0.2, 0) is 0 Å². The molecule has 19 heavy (non-hydrogen) atoms. The molecule has 0 unspecified atom stereocenters. The van der Waals surface area contributed by atoms with Gasteiger partial charge in [0.2, 0.25) is 0 Å². The monoisotopic (exact) mass is 259 g/mol. The van der Waals surface area contributed by atoms with Gasteiger partial charge >= 0.3 is 0 Å². The molecule has 0 bridgehead atoms. The zero-order chi connectivity index (χ0) is 13.9. The third kappa shape index (κ3) is 3.90. The third-order valence-corrected chi connectivity index (χ3v) is 4.08. The molecule has 0 atom stereocenters. The topological polar surface area (TPSA) is 20.3 Å². The Kier molecular flexibility index (Phi) is 4.41. The minimum atomic E-state index is 0.279. The standard InChI is InChI=1S/C17H25NO/c1-14-7-4-5-8-15(14)16(19)9-12-18-11-6-10-17(2,3)13-18/h4-5,7-8H,6,9-13H2,1-3H3. The Morgan fingerprint density at radius 2 is 2.05 bits per heavy atom. The number of Topliss-reactive ketones (excluding diaryl/α,β-unsaturated/α-hetero) is 1. The number of carbonyl (C=O) groups is 1. The summed E-state index contributed by atoms with van der Waals surface area (Å²) in [5.74, 6) is 0.279. The second-order valence-corrected chi connectivity index (χ2v) is 6.53. The van der Waals surface area contributed by atoms with Crippen molar-refractivity contribution in [3.63, 3.8) is 0 Å². The summed E-state index contributed by atoms with van der Waals surface area (Å²) in [4.78, 5) is 14.7. The van der Waals surface area contributed by atoms with Crippen molar-refractivity contribution in [1.29, 1.82) is 0 Å². The van der Waals surface area contributed by atoms with Crippen molar-refractivity contribution >= 4 is 5.78 Å². The predicted molar refractivity (Wildman–Crippen MR) is 79.6 cm³/mol. The molecule has 1 aliphatic rings. The maximum atomic E-state index is 12.2. The van der Waals surface area contributed by atoms with Crippen molar-refractivity contribution in [2.75, 3.05) is 19.6 Å². The van der Waals surface area contributed by atoms with Gasteiger partial charge in [-0.1, -0.05) is 38.1 Å². The molecule has 2 nitrogen and oxygen atoms in total. The summed E-state index contributed by atoms with van der Waals surface area (Å²) < 4.78 is 0. The predicted octanol–water partition coefficient (Wildman–Crippen LogP) is 3.69. The van der Waals surface area contributed by atoms with Gasteiger partial charge in [-0.2, -0.15) is 0 Å². The van der Waals surface area contributed by atoms with Crippen LogP contribution in [0.1, 0.15) is 49.0 Å². The molecule has 2 rings (SSSR count). The zero-order valence-corrected chi connectivity index (χ0v) is 12.4. The number of piperidine rings is 1. The molecule has 1 heterocycles. The van der Waals surface area contributed by atoms with Crippen molar-refractivity contribution in [3.8, 4) is 0 Å². The number of aryl methyl sites for hydroxylation is 1. The van der Waals surface area contributed by atoms with Crippen LogP contribution in [0.2, 0.25) is 0 Å². The summed E-state index contributed by atoms with van der Waals surface area (Å²) >= 11 is 0. The second kappa shape index (κ2) is 5.87. The molecule has 1 aliphatic heterocycles. The number of rotatable bonds is 4. The molecule has 0 radical (unpaired) electrons. The molecule has 0 aromatic heterocycles. The highest BCUT2D eigenvalue weighted by Gasteiger charge is 2.26. The van der Waals surface area contributed by atoms with Crippen molar-refractivity contribution < 1.29 is 4.79 Å². The molecule has 1 fully saturated rings. The number of hydrogen-bond donors (Lipinski definition) is 0. The van der Waals surface area contributed by atoms with Gasteiger partial charge in [0.15, 0.2) is 5.78 Å². The molecule has 104 valence electrons. The average molecular weight is 259 g/mol. The summed E-state index contributed by atoms with van der Waals surface area (Å²) in [6.07, 6.45) is 3.20.